The Kier molecular flexibility index (Phi) is 4.72. The van der Waals surface area contributed by atoms with Crippen molar-refractivity contribution in [2.75, 3.05) is 26.2 Å². The van der Waals surface area contributed by atoms with E-state index in [-0.39, 0.29) is 0 Å². The fraction of sp³-hybridized carbons (Fsp3) is 0.529. The first-order chi connectivity index (χ1) is 9.93. The average Bonchev–Trinajstić information content (AvgIpc) is 2.97. The van der Waals surface area contributed by atoms with Crippen LogP contribution < -0.4 is 5.32 Å². The lowest BCUT2D eigenvalue weighted by atomic mass is 10.1. The number of fused-ring (bicyclic) bond motifs is 1. The minimum absolute atomic E-state index is 0.956. The van der Waals surface area contributed by atoms with E-state index in [1.165, 1.54) is 61.8 Å². The van der Waals surface area contributed by atoms with Crippen LogP contribution in [0, 0.1) is 0 Å². The van der Waals surface area contributed by atoms with Gasteiger partial charge in [0.25, 0.3) is 0 Å². The summed E-state index contributed by atoms with van der Waals surface area (Å²) in [6.45, 7) is 5.93. The molecule has 0 spiro atoms. The molecule has 1 aliphatic rings. The smallest absolute Gasteiger partial charge is 0.0499 e. The van der Waals surface area contributed by atoms with E-state index in [1.807, 2.05) is 6.20 Å². The first-order valence-electron chi connectivity index (χ1n) is 7.91. The van der Waals surface area contributed by atoms with Gasteiger partial charge in [0.2, 0.25) is 0 Å². The molecule has 3 rings (SSSR count). The van der Waals surface area contributed by atoms with Crippen LogP contribution in [0.25, 0.3) is 10.9 Å². The number of nitrogens with one attached hydrogen (secondary N) is 2. The van der Waals surface area contributed by atoms with Crippen molar-refractivity contribution >= 4 is 10.9 Å². The van der Waals surface area contributed by atoms with Crippen molar-refractivity contribution in [3.8, 4) is 0 Å². The Bertz CT molecular complexity index is 526. The Hall–Kier alpha value is -1.32. The molecule has 0 bridgehead atoms. The second-order valence-corrected chi connectivity index (χ2v) is 5.79. The highest BCUT2D eigenvalue weighted by atomic mass is 15.1. The van der Waals surface area contributed by atoms with Crippen LogP contribution in [-0.2, 0) is 6.54 Å². The van der Waals surface area contributed by atoms with Gasteiger partial charge in [0.05, 0.1) is 0 Å². The number of aromatic amines is 1. The zero-order valence-electron chi connectivity index (χ0n) is 12.2. The lowest BCUT2D eigenvalue weighted by molar-refractivity contribution is 0.225. The maximum Gasteiger partial charge on any atom is 0.0499 e. The van der Waals surface area contributed by atoms with E-state index in [1.54, 1.807) is 0 Å². The molecule has 0 atom stereocenters. The molecule has 0 aliphatic carbocycles. The van der Waals surface area contributed by atoms with Crippen LogP contribution in [-0.4, -0.2) is 36.1 Å². The standard InChI is InChI=1S/C17H25N3/c1-2-11-20(12-3-1)13-5-9-18-14-16-7-4-6-15-8-10-19-17(15)16/h4,6-8,10,18-19H,1-3,5,9,11-14H2. The predicted octanol–water partition coefficient (Wildman–Crippen LogP) is 3.13. The first-order valence-corrected chi connectivity index (χ1v) is 7.91. The van der Waals surface area contributed by atoms with Gasteiger partial charge in [-0.25, -0.2) is 0 Å². The summed E-state index contributed by atoms with van der Waals surface area (Å²) in [7, 11) is 0. The van der Waals surface area contributed by atoms with Gasteiger partial charge in [0, 0.05) is 18.3 Å². The molecule has 20 heavy (non-hydrogen) atoms. The van der Waals surface area contributed by atoms with E-state index in [4.69, 9.17) is 0 Å². The third kappa shape index (κ3) is 3.41. The molecule has 0 amide bonds. The van der Waals surface area contributed by atoms with E-state index in [9.17, 15) is 0 Å². The molecule has 108 valence electrons. The van der Waals surface area contributed by atoms with Crippen LogP contribution in [0.3, 0.4) is 0 Å². The molecule has 1 aromatic heterocycles. The van der Waals surface area contributed by atoms with Crippen molar-refractivity contribution in [1.29, 1.82) is 0 Å². The zero-order valence-corrected chi connectivity index (χ0v) is 12.2. The number of aromatic nitrogens is 1. The first kappa shape index (κ1) is 13.7. The minimum Gasteiger partial charge on any atom is -0.361 e. The number of likely N-dealkylation sites (tertiary alicyclic amines) is 1. The largest absolute Gasteiger partial charge is 0.361 e. The summed E-state index contributed by atoms with van der Waals surface area (Å²) in [4.78, 5) is 5.94. The summed E-state index contributed by atoms with van der Waals surface area (Å²) in [6, 6.07) is 8.64. The Morgan fingerprint density at radius 3 is 2.90 bits per heavy atom. The monoisotopic (exact) mass is 271 g/mol. The fourth-order valence-corrected chi connectivity index (χ4v) is 3.13. The van der Waals surface area contributed by atoms with Crippen molar-refractivity contribution in [2.45, 2.75) is 32.2 Å². The molecule has 0 radical (unpaired) electrons. The lowest BCUT2D eigenvalue weighted by Gasteiger charge is -2.26. The predicted molar refractivity (Wildman–Crippen MR) is 84.9 cm³/mol. The van der Waals surface area contributed by atoms with Gasteiger partial charge in [-0.3, -0.25) is 0 Å². The summed E-state index contributed by atoms with van der Waals surface area (Å²) < 4.78 is 0. The van der Waals surface area contributed by atoms with Gasteiger partial charge >= 0.3 is 0 Å². The summed E-state index contributed by atoms with van der Waals surface area (Å²) in [5.74, 6) is 0. The van der Waals surface area contributed by atoms with E-state index in [0.717, 1.165) is 13.1 Å². The van der Waals surface area contributed by atoms with Gasteiger partial charge in [-0.1, -0.05) is 24.6 Å². The molecule has 3 nitrogen and oxygen atoms in total. The van der Waals surface area contributed by atoms with Crippen LogP contribution in [0.5, 0.6) is 0 Å². The van der Waals surface area contributed by atoms with Crippen LogP contribution >= 0.6 is 0 Å². The molecule has 3 heteroatoms. The van der Waals surface area contributed by atoms with Gasteiger partial charge in [0.15, 0.2) is 0 Å². The number of benzene rings is 1. The van der Waals surface area contributed by atoms with Crippen LogP contribution in [0.2, 0.25) is 0 Å². The topological polar surface area (TPSA) is 31.1 Å². The number of piperidine rings is 1. The SMILES string of the molecule is c1cc(CNCCCN2CCCCC2)c2[nH]ccc2c1. The third-order valence-corrected chi connectivity index (χ3v) is 4.27. The van der Waals surface area contributed by atoms with Gasteiger partial charge in [-0.2, -0.15) is 0 Å². The summed E-state index contributed by atoms with van der Waals surface area (Å²) in [5.41, 5.74) is 2.64. The number of para-hydroxylation sites is 1. The highest BCUT2D eigenvalue weighted by Crippen LogP contribution is 2.16. The second kappa shape index (κ2) is 6.91. The van der Waals surface area contributed by atoms with Crippen LogP contribution in [0.4, 0.5) is 0 Å². The quantitative estimate of drug-likeness (QED) is 0.791. The lowest BCUT2D eigenvalue weighted by Crippen LogP contribution is -2.32. The van der Waals surface area contributed by atoms with Gasteiger partial charge in [-0.15, -0.1) is 0 Å². The van der Waals surface area contributed by atoms with Crippen molar-refractivity contribution < 1.29 is 0 Å². The van der Waals surface area contributed by atoms with Crippen molar-refractivity contribution in [3.63, 3.8) is 0 Å². The maximum atomic E-state index is 3.58. The number of hydrogen-bond donors (Lipinski definition) is 2. The summed E-state index contributed by atoms with van der Waals surface area (Å²) >= 11 is 0. The summed E-state index contributed by atoms with van der Waals surface area (Å²) in [6.07, 6.45) is 7.48. The van der Waals surface area contributed by atoms with E-state index >= 15 is 0 Å². The molecule has 0 unspecified atom stereocenters. The number of nitrogens with zero attached hydrogens (tertiary/aromatic N) is 1. The molecular weight excluding hydrogens is 246 g/mol. The molecule has 2 heterocycles. The highest BCUT2D eigenvalue weighted by molar-refractivity contribution is 5.82. The van der Waals surface area contributed by atoms with Crippen molar-refractivity contribution in [3.05, 3.63) is 36.0 Å². The van der Waals surface area contributed by atoms with E-state index in [2.05, 4.69) is 39.5 Å². The van der Waals surface area contributed by atoms with Crippen LogP contribution in [0.15, 0.2) is 30.5 Å². The number of rotatable bonds is 6. The third-order valence-electron chi connectivity index (χ3n) is 4.27. The second-order valence-electron chi connectivity index (χ2n) is 5.79. The van der Waals surface area contributed by atoms with Crippen LogP contribution in [0.1, 0.15) is 31.2 Å². The van der Waals surface area contributed by atoms with Crippen molar-refractivity contribution in [1.82, 2.24) is 15.2 Å². The highest BCUT2D eigenvalue weighted by Gasteiger charge is 2.08. The Morgan fingerprint density at radius 2 is 2.00 bits per heavy atom. The Morgan fingerprint density at radius 1 is 1.10 bits per heavy atom. The van der Waals surface area contributed by atoms with Gasteiger partial charge in [-0.05, 0) is 62.5 Å². The number of H-pyrrole nitrogens is 1. The molecule has 1 aliphatic heterocycles. The average molecular weight is 271 g/mol. The number of hydrogen-bond acceptors (Lipinski definition) is 2. The Balaban J connectivity index is 1.40. The molecule has 1 aromatic carbocycles. The van der Waals surface area contributed by atoms with Gasteiger partial charge < -0.3 is 15.2 Å². The molecule has 1 fully saturated rings. The fourth-order valence-electron chi connectivity index (χ4n) is 3.13. The van der Waals surface area contributed by atoms with Crippen molar-refractivity contribution in [2.24, 2.45) is 0 Å². The minimum atomic E-state index is 0.956. The zero-order chi connectivity index (χ0) is 13.6. The molecule has 2 N–H and O–H groups in total. The van der Waals surface area contributed by atoms with E-state index < -0.39 is 0 Å². The Labute approximate surface area is 121 Å². The molecule has 0 saturated carbocycles. The normalized spacial score (nSPS) is 16.8. The summed E-state index contributed by atoms with van der Waals surface area (Å²) in [5, 5.41) is 4.88. The van der Waals surface area contributed by atoms with E-state index in [0.29, 0.717) is 0 Å². The molecule has 2 aromatic rings. The molecular formula is C17H25N3. The van der Waals surface area contributed by atoms with Gasteiger partial charge in [0.1, 0.15) is 0 Å². The maximum absolute atomic E-state index is 3.58. The molecule has 1 saturated heterocycles.